The van der Waals surface area contributed by atoms with E-state index in [0.29, 0.717) is 19.6 Å². The molecule has 0 rings (SSSR count). The molecule has 0 bridgehead atoms. The van der Waals surface area contributed by atoms with Crippen molar-refractivity contribution in [1.29, 1.82) is 0 Å². The summed E-state index contributed by atoms with van der Waals surface area (Å²) >= 11 is 0. The summed E-state index contributed by atoms with van der Waals surface area (Å²) in [5.41, 5.74) is 10.9. The van der Waals surface area contributed by atoms with Gasteiger partial charge in [0, 0.05) is 38.4 Å². The van der Waals surface area contributed by atoms with Crippen molar-refractivity contribution in [2.24, 2.45) is 16.5 Å². The van der Waals surface area contributed by atoms with Crippen molar-refractivity contribution in [3.63, 3.8) is 0 Å². The Bertz CT molecular complexity index is 205. The highest BCUT2D eigenvalue weighted by Gasteiger charge is 2.15. The number of aliphatic imine (C=N–C) groups is 1. The zero-order valence-electron chi connectivity index (χ0n) is 10.7. The molecule has 0 fully saturated rings. The lowest BCUT2D eigenvalue weighted by atomic mass is 10.1. The largest absolute Gasteiger partial charge is 0.385 e. The van der Waals surface area contributed by atoms with Crippen LogP contribution < -0.4 is 11.5 Å². The van der Waals surface area contributed by atoms with E-state index < -0.39 is 5.60 Å². The van der Waals surface area contributed by atoms with E-state index in [-0.39, 0.29) is 0 Å². The Labute approximate surface area is 98.5 Å². The third-order valence-electron chi connectivity index (χ3n) is 2.54. The lowest BCUT2D eigenvalue weighted by molar-refractivity contribution is 0.152. The van der Waals surface area contributed by atoms with E-state index in [2.05, 4.69) is 9.89 Å². The van der Waals surface area contributed by atoms with Gasteiger partial charge in [-0.2, -0.15) is 0 Å². The molecule has 0 aliphatic rings. The minimum absolute atomic E-state index is 0.633. The molecule has 0 saturated heterocycles. The predicted octanol–water partition coefficient (Wildman–Crippen LogP) is -0.562. The lowest BCUT2D eigenvalue weighted by Gasteiger charge is -2.21. The van der Waals surface area contributed by atoms with Crippen molar-refractivity contribution in [2.45, 2.75) is 26.4 Å². The molecule has 96 valence electrons. The van der Waals surface area contributed by atoms with Crippen molar-refractivity contribution in [3.8, 4) is 0 Å². The quantitative estimate of drug-likeness (QED) is 0.488. The minimum atomic E-state index is -0.827. The first kappa shape index (κ1) is 15.5. The van der Waals surface area contributed by atoms with Crippen LogP contribution in [0, 0.1) is 0 Å². The molecule has 0 aromatic rings. The van der Waals surface area contributed by atoms with Gasteiger partial charge in [0.1, 0.15) is 0 Å². The van der Waals surface area contributed by atoms with Gasteiger partial charge in [-0.05, 0) is 20.8 Å². The van der Waals surface area contributed by atoms with Gasteiger partial charge in [-0.15, -0.1) is 0 Å². The summed E-state index contributed by atoms with van der Waals surface area (Å²) in [6.45, 7) is 9.78. The maximum atomic E-state index is 9.67. The molecule has 0 heterocycles. The molecule has 0 saturated carbocycles. The van der Waals surface area contributed by atoms with E-state index in [9.17, 15) is 5.11 Å². The number of nitrogens with two attached hydrogens (primary N) is 2. The summed E-state index contributed by atoms with van der Waals surface area (Å²) in [5, 5.41) is 9.67. The van der Waals surface area contributed by atoms with Gasteiger partial charge in [-0.1, -0.05) is 0 Å². The molecule has 0 unspecified atom stereocenters. The van der Waals surface area contributed by atoms with Crippen LogP contribution in [0.4, 0.5) is 0 Å². The fraction of sp³-hybridized carbons (Fsp3) is 0.909. The third kappa shape index (κ3) is 6.90. The Kier molecular flexibility index (Phi) is 7.49. The zero-order chi connectivity index (χ0) is 12.6. The first-order valence-electron chi connectivity index (χ1n) is 5.78. The van der Waals surface area contributed by atoms with Crippen LogP contribution in [0.5, 0.6) is 0 Å². The molecule has 0 amide bonds. The van der Waals surface area contributed by atoms with Crippen LogP contribution in [0.25, 0.3) is 0 Å². The van der Waals surface area contributed by atoms with Crippen molar-refractivity contribution in [3.05, 3.63) is 0 Å². The summed E-state index contributed by atoms with van der Waals surface area (Å²) in [5.74, 6) is 0. The number of hydrogen-bond acceptors (Lipinski definition) is 5. The second-order valence-electron chi connectivity index (χ2n) is 4.45. The van der Waals surface area contributed by atoms with E-state index in [1.165, 1.54) is 0 Å². The molecular formula is C11H26N4O. The molecule has 0 atom stereocenters. The Morgan fingerprint density at radius 2 is 1.69 bits per heavy atom. The van der Waals surface area contributed by atoms with E-state index in [1.807, 2.05) is 6.92 Å². The monoisotopic (exact) mass is 230 g/mol. The Morgan fingerprint density at radius 1 is 1.19 bits per heavy atom. The molecule has 0 radical (unpaired) electrons. The van der Waals surface area contributed by atoms with Gasteiger partial charge in [-0.25, -0.2) is 0 Å². The van der Waals surface area contributed by atoms with Crippen molar-refractivity contribution in [1.82, 2.24) is 4.90 Å². The van der Waals surface area contributed by atoms with Gasteiger partial charge in [0.05, 0.1) is 12.1 Å². The van der Waals surface area contributed by atoms with Crippen LogP contribution in [-0.2, 0) is 0 Å². The lowest BCUT2D eigenvalue weighted by Crippen LogP contribution is -2.36. The van der Waals surface area contributed by atoms with Gasteiger partial charge in [0.25, 0.3) is 0 Å². The third-order valence-corrected chi connectivity index (χ3v) is 2.54. The van der Waals surface area contributed by atoms with E-state index in [1.54, 1.807) is 13.8 Å². The van der Waals surface area contributed by atoms with Crippen molar-refractivity contribution >= 4 is 5.71 Å². The standard InChI is InChI=1S/C11H26N4O/c1-10(11(2,3)16)14-6-9-15(7-4-12)8-5-13/h16H,4-9,12-13H2,1-3H3. The van der Waals surface area contributed by atoms with E-state index in [4.69, 9.17) is 11.5 Å². The summed E-state index contributed by atoms with van der Waals surface area (Å²) in [4.78, 5) is 6.52. The highest BCUT2D eigenvalue weighted by Crippen LogP contribution is 2.03. The van der Waals surface area contributed by atoms with Gasteiger partial charge >= 0.3 is 0 Å². The Morgan fingerprint density at radius 3 is 2.06 bits per heavy atom. The summed E-state index contributed by atoms with van der Waals surface area (Å²) < 4.78 is 0. The van der Waals surface area contributed by atoms with Gasteiger partial charge in [0.2, 0.25) is 0 Å². The van der Waals surface area contributed by atoms with Crippen LogP contribution in [-0.4, -0.2) is 60.6 Å². The molecule has 5 N–H and O–H groups in total. The molecule has 5 heteroatoms. The predicted molar refractivity (Wildman–Crippen MR) is 68.8 cm³/mol. The van der Waals surface area contributed by atoms with Crippen molar-refractivity contribution in [2.75, 3.05) is 39.3 Å². The van der Waals surface area contributed by atoms with Crippen LogP contribution in [0.15, 0.2) is 4.99 Å². The summed E-state index contributed by atoms with van der Waals surface area (Å²) in [7, 11) is 0. The van der Waals surface area contributed by atoms with Crippen LogP contribution in [0.2, 0.25) is 0 Å². The molecule has 0 aromatic carbocycles. The van der Waals surface area contributed by atoms with Crippen LogP contribution in [0.3, 0.4) is 0 Å². The molecule has 16 heavy (non-hydrogen) atoms. The molecule has 0 aromatic heterocycles. The number of rotatable bonds is 8. The molecule has 0 spiro atoms. The van der Waals surface area contributed by atoms with Crippen molar-refractivity contribution < 1.29 is 5.11 Å². The SMILES string of the molecule is CC(=NCCN(CCN)CCN)C(C)(C)O. The topological polar surface area (TPSA) is 87.9 Å². The molecule has 0 aliphatic heterocycles. The van der Waals surface area contributed by atoms with E-state index >= 15 is 0 Å². The average molecular weight is 230 g/mol. The van der Waals surface area contributed by atoms with E-state index in [0.717, 1.165) is 25.3 Å². The fourth-order valence-electron chi connectivity index (χ4n) is 1.25. The smallest absolute Gasteiger partial charge is 0.0963 e. The molecular weight excluding hydrogens is 204 g/mol. The first-order valence-corrected chi connectivity index (χ1v) is 5.78. The zero-order valence-corrected chi connectivity index (χ0v) is 10.7. The Hall–Kier alpha value is -0.490. The number of aliphatic hydroxyl groups is 1. The fourth-order valence-corrected chi connectivity index (χ4v) is 1.25. The van der Waals surface area contributed by atoms with Gasteiger partial charge in [-0.3, -0.25) is 9.89 Å². The van der Waals surface area contributed by atoms with Crippen LogP contribution in [0.1, 0.15) is 20.8 Å². The van der Waals surface area contributed by atoms with Gasteiger partial charge in [0.15, 0.2) is 0 Å². The maximum Gasteiger partial charge on any atom is 0.0963 e. The second-order valence-corrected chi connectivity index (χ2v) is 4.45. The molecule has 5 nitrogen and oxygen atoms in total. The first-order chi connectivity index (χ1) is 7.41. The summed E-state index contributed by atoms with van der Waals surface area (Å²) in [6.07, 6.45) is 0. The average Bonchev–Trinajstić information content (AvgIpc) is 2.16. The second kappa shape index (κ2) is 7.73. The van der Waals surface area contributed by atoms with Gasteiger partial charge < -0.3 is 16.6 Å². The normalized spacial score (nSPS) is 13.6. The highest BCUT2D eigenvalue weighted by atomic mass is 16.3. The highest BCUT2D eigenvalue weighted by molar-refractivity contribution is 5.89. The number of hydrogen-bond donors (Lipinski definition) is 3. The summed E-state index contributed by atoms with van der Waals surface area (Å²) in [6, 6.07) is 0. The maximum absolute atomic E-state index is 9.67. The number of nitrogens with zero attached hydrogens (tertiary/aromatic N) is 2. The van der Waals surface area contributed by atoms with Crippen LogP contribution >= 0.6 is 0 Å². The minimum Gasteiger partial charge on any atom is -0.385 e. The molecule has 0 aliphatic carbocycles. The Balaban J connectivity index is 4.01.